The molecular formula is C10H7F4O. The van der Waals surface area contributed by atoms with Crippen molar-refractivity contribution in [2.75, 3.05) is 6.61 Å². The fourth-order valence-electron chi connectivity index (χ4n) is 1.09. The Balaban J connectivity index is 2.21. The van der Waals surface area contributed by atoms with Gasteiger partial charge in [0.25, 0.3) is 0 Å². The third-order valence-corrected chi connectivity index (χ3v) is 2.16. The second kappa shape index (κ2) is 3.72. The molecule has 1 aliphatic rings. The van der Waals surface area contributed by atoms with Crippen LogP contribution in [0.2, 0.25) is 0 Å². The highest BCUT2D eigenvalue weighted by molar-refractivity contribution is 5.26. The lowest BCUT2D eigenvalue weighted by atomic mass is 10.3. The van der Waals surface area contributed by atoms with E-state index in [1.54, 1.807) is 6.07 Å². The summed E-state index contributed by atoms with van der Waals surface area (Å²) in [7, 11) is 0. The summed E-state index contributed by atoms with van der Waals surface area (Å²) in [5.74, 6) is -7.23. The van der Waals surface area contributed by atoms with Crippen molar-refractivity contribution in [3.63, 3.8) is 0 Å². The van der Waals surface area contributed by atoms with Gasteiger partial charge in [-0.25, -0.2) is 13.2 Å². The molecule has 1 aromatic carbocycles. The zero-order valence-electron chi connectivity index (χ0n) is 7.62. The predicted molar refractivity (Wildman–Crippen MR) is 43.3 cm³/mol. The molecule has 0 N–H and O–H groups in total. The van der Waals surface area contributed by atoms with Gasteiger partial charge in [0.2, 0.25) is 11.6 Å². The van der Waals surface area contributed by atoms with Crippen LogP contribution in [-0.4, -0.2) is 6.61 Å². The van der Waals surface area contributed by atoms with Crippen molar-refractivity contribution in [2.45, 2.75) is 12.8 Å². The standard InChI is InChI=1S/C10H7F4O/c11-6-3-7(15-4-5-1-2-5)9(13)10(14)8(6)12/h5H,1-2,4H2. The Morgan fingerprint density at radius 2 is 1.73 bits per heavy atom. The lowest BCUT2D eigenvalue weighted by Gasteiger charge is -2.07. The first-order valence-electron chi connectivity index (χ1n) is 4.47. The van der Waals surface area contributed by atoms with E-state index in [-0.39, 0.29) is 6.61 Å². The van der Waals surface area contributed by atoms with Crippen LogP contribution in [-0.2, 0) is 0 Å². The van der Waals surface area contributed by atoms with Crippen LogP contribution in [0.5, 0.6) is 5.75 Å². The monoisotopic (exact) mass is 219 g/mol. The fraction of sp³-hybridized carbons (Fsp3) is 0.400. The van der Waals surface area contributed by atoms with Gasteiger partial charge in [-0.05, 0) is 18.8 Å². The van der Waals surface area contributed by atoms with Crippen molar-refractivity contribution < 1.29 is 22.3 Å². The van der Waals surface area contributed by atoms with Gasteiger partial charge in [0.1, 0.15) is 0 Å². The van der Waals surface area contributed by atoms with E-state index in [4.69, 9.17) is 4.74 Å². The van der Waals surface area contributed by atoms with Gasteiger partial charge in [-0.2, -0.15) is 4.39 Å². The Hall–Kier alpha value is -1.26. The number of hydrogen-bond donors (Lipinski definition) is 0. The maximum absolute atomic E-state index is 13.0. The first-order valence-corrected chi connectivity index (χ1v) is 4.47. The van der Waals surface area contributed by atoms with E-state index in [1.807, 2.05) is 0 Å². The molecule has 0 bridgehead atoms. The number of rotatable bonds is 3. The van der Waals surface area contributed by atoms with Crippen LogP contribution in [0.4, 0.5) is 17.6 Å². The average Bonchev–Trinajstić information content (AvgIpc) is 3.02. The third kappa shape index (κ3) is 2.06. The predicted octanol–water partition coefficient (Wildman–Crippen LogP) is 2.83. The molecule has 81 valence electrons. The molecule has 1 fully saturated rings. The highest BCUT2D eigenvalue weighted by Crippen LogP contribution is 2.31. The first-order chi connectivity index (χ1) is 7.09. The molecule has 0 aliphatic heterocycles. The smallest absolute Gasteiger partial charge is 0.204 e. The summed E-state index contributed by atoms with van der Waals surface area (Å²) in [6.07, 6.45) is 1.90. The number of ether oxygens (including phenoxy) is 1. The molecule has 0 spiro atoms. The summed E-state index contributed by atoms with van der Waals surface area (Å²) in [4.78, 5) is 0. The summed E-state index contributed by atoms with van der Waals surface area (Å²) >= 11 is 0. The largest absolute Gasteiger partial charge is 0.489 e. The van der Waals surface area contributed by atoms with Gasteiger partial charge in [-0.1, -0.05) is 0 Å². The highest BCUT2D eigenvalue weighted by atomic mass is 19.2. The maximum Gasteiger partial charge on any atom is 0.204 e. The first kappa shape index (κ1) is 10.3. The SMILES string of the molecule is Fc1[c]c(OCC2CC2)c(F)c(F)c1F. The number of hydrogen-bond acceptors (Lipinski definition) is 1. The van der Waals surface area contributed by atoms with Crippen LogP contribution in [0.25, 0.3) is 0 Å². The van der Waals surface area contributed by atoms with Crippen molar-refractivity contribution in [1.29, 1.82) is 0 Å². The Morgan fingerprint density at radius 1 is 1.07 bits per heavy atom. The quantitative estimate of drug-likeness (QED) is 0.431. The van der Waals surface area contributed by atoms with E-state index in [9.17, 15) is 17.6 Å². The van der Waals surface area contributed by atoms with Gasteiger partial charge >= 0.3 is 0 Å². The summed E-state index contributed by atoms with van der Waals surface area (Å²) in [5.41, 5.74) is 0. The van der Waals surface area contributed by atoms with Crippen LogP contribution in [0, 0.1) is 35.3 Å². The van der Waals surface area contributed by atoms with Gasteiger partial charge in [-0.15, -0.1) is 0 Å². The molecule has 0 aromatic heterocycles. The second-order valence-corrected chi connectivity index (χ2v) is 3.46. The van der Waals surface area contributed by atoms with Crippen molar-refractivity contribution in [2.24, 2.45) is 5.92 Å². The van der Waals surface area contributed by atoms with E-state index < -0.39 is 29.0 Å². The summed E-state index contributed by atoms with van der Waals surface area (Å²) in [6, 6.07) is 1.69. The maximum atomic E-state index is 13.0. The molecule has 1 saturated carbocycles. The minimum Gasteiger partial charge on any atom is -0.489 e. The molecule has 1 aliphatic carbocycles. The normalized spacial score (nSPS) is 15.5. The summed E-state index contributed by atoms with van der Waals surface area (Å²) in [5, 5.41) is 0. The lowest BCUT2D eigenvalue weighted by Crippen LogP contribution is -2.05. The third-order valence-electron chi connectivity index (χ3n) is 2.16. The zero-order valence-corrected chi connectivity index (χ0v) is 7.62. The zero-order chi connectivity index (χ0) is 11.0. The topological polar surface area (TPSA) is 9.23 Å². The molecule has 15 heavy (non-hydrogen) atoms. The molecule has 0 saturated heterocycles. The highest BCUT2D eigenvalue weighted by Gasteiger charge is 2.25. The molecule has 0 amide bonds. The van der Waals surface area contributed by atoms with Crippen LogP contribution < -0.4 is 4.74 Å². The van der Waals surface area contributed by atoms with Gasteiger partial charge in [-0.3, -0.25) is 0 Å². The van der Waals surface area contributed by atoms with E-state index in [1.165, 1.54) is 0 Å². The molecule has 5 heteroatoms. The fourth-order valence-corrected chi connectivity index (χ4v) is 1.09. The number of benzene rings is 1. The van der Waals surface area contributed by atoms with E-state index in [2.05, 4.69) is 0 Å². The average molecular weight is 219 g/mol. The van der Waals surface area contributed by atoms with E-state index in [0.29, 0.717) is 5.92 Å². The van der Waals surface area contributed by atoms with Gasteiger partial charge < -0.3 is 4.74 Å². The molecular weight excluding hydrogens is 212 g/mol. The van der Waals surface area contributed by atoms with Crippen LogP contribution in [0.1, 0.15) is 12.8 Å². The summed E-state index contributed by atoms with van der Waals surface area (Å²) in [6.45, 7) is 0.179. The van der Waals surface area contributed by atoms with Crippen molar-refractivity contribution in [3.05, 3.63) is 29.3 Å². The van der Waals surface area contributed by atoms with E-state index in [0.717, 1.165) is 12.8 Å². The molecule has 0 unspecified atom stereocenters. The Morgan fingerprint density at radius 3 is 2.33 bits per heavy atom. The van der Waals surface area contributed by atoms with Crippen molar-refractivity contribution in [3.8, 4) is 5.75 Å². The molecule has 1 nitrogen and oxygen atoms in total. The van der Waals surface area contributed by atoms with Crippen LogP contribution >= 0.6 is 0 Å². The summed E-state index contributed by atoms with van der Waals surface area (Å²) < 4.78 is 55.6. The van der Waals surface area contributed by atoms with Crippen LogP contribution in [0.15, 0.2) is 0 Å². The second-order valence-electron chi connectivity index (χ2n) is 3.46. The van der Waals surface area contributed by atoms with Gasteiger partial charge in [0.15, 0.2) is 17.4 Å². The van der Waals surface area contributed by atoms with Crippen molar-refractivity contribution >= 4 is 0 Å². The Bertz CT molecular complexity index is 387. The number of halogens is 4. The minimum atomic E-state index is -1.87. The molecule has 1 aromatic rings. The Labute approximate surface area is 83.7 Å². The van der Waals surface area contributed by atoms with Crippen LogP contribution in [0.3, 0.4) is 0 Å². The van der Waals surface area contributed by atoms with Gasteiger partial charge in [0.05, 0.1) is 12.7 Å². The van der Waals surface area contributed by atoms with E-state index >= 15 is 0 Å². The minimum absolute atomic E-state index is 0.179. The molecule has 0 atom stereocenters. The lowest BCUT2D eigenvalue weighted by molar-refractivity contribution is 0.272. The molecule has 1 radical (unpaired) electrons. The van der Waals surface area contributed by atoms with Gasteiger partial charge in [0, 0.05) is 0 Å². The molecule has 0 heterocycles. The van der Waals surface area contributed by atoms with Crippen molar-refractivity contribution in [1.82, 2.24) is 0 Å². The Kier molecular flexibility index (Phi) is 2.54. The molecule has 2 rings (SSSR count).